The Balaban J connectivity index is 1.95. The molecule has 1 aromatic carbocycles. The lowest BCUT2D eigenvalue weighted by Gasteiger charge is -2.25. The SMILES string of the molecule is C=C(C)C(=O)OCCOC(=O)/C(C#N)=C/CC1Oc2ccccc2N1CCC(C)C. The van der Waals surface area contributed by atoms with E-state index < -0.39 is 11.9 Å². The molecule has 7 nitrogen and oxygen atoms in total. The number of esters is 2. The highest BCUT2D eigenvalue weighted by Crippen LogP contribution is 2.38. The van der Waals surface area contributed by atoms with Gasteiger partial charge in [0.25, 0.3) is 0 Å². The fourth-order valence-corrected chi connectivity index (χ4v) is 2.86. The summed E-state index contributed by atoms with van der Waals surface area (Å²) in [4.78, 5) is 25.6. The van der Waals surface area contributed by atoms with Gasteiger partial charge in [0.05, 0.1) is 5.69 Å². The maximum absolute atomic E-state index is 12.1. The van der Waals surface area contributed by atoms with Crippen LogP contribution in [0.25, 0.3) is 0 Å². The molecular weight excluding hydrogens is 384 g/mol. The van der Waals surface area contributed by atoms with Gasteiger partial charge in [0.1, 0.15) is 30.6 Å². The maximum atomic E-state index is 12.1. The third-order valence-electron chi connectivity index (χ3n) is 4.49. The summed E-state index contributed by atoms with van der Waals surface area (Å²) in [6.07, 6.45) is 2.58. The van der Waals surface area contributed by atoms with Crippen molar-refractivity contribution < 1.29 is 23.8 Å². The van der Waals surface area contributed by atoms with Gasteiger partial charge in [-0.05, 0) is 31.4 Å². The first-order valence-corrected chi connectivity index (χ1v) is 9.95. The van der Waals surface area contributed by atoms with Crippen LogP contribution >= 0.6 is 0 Å². The first kappa shape index (κ1) is 23.0. The maximum Gasteiger partial charge on any atom is 0.348 e. The molecule has 1 aromatic rings. The Bertz CT molecular complexity index is 853. The minimum Gasteiger partial charge on any atom is -0.468 e. The molecule has 0 saturated carbocycles. The summed E-state index contributed by atoms with van der Waals surface area (Å²) < 4.78 is 15.9. The third kappa shape index (κ3) is 6.38. The summed E-state index contributed by atoms with van der Waals surface area (Å²) in [5.41, 5.74) is 1.17. The van der Waals surface area contributed by atoms with Crippen LogP contribution in [0.1, 0.15) is 33.6 Å². The zero-order valence-electron chi connectivity index (χ0n) is 17.7. The molecule has 0 saturated heterocycles. The van der Waals surface area contributed by atoms with Crippen LogP contribution in [0.15, 0.2) is 48.1 Å². The molecule has 160 valence electrons. The van der Waals surface area contributed by atoms with E-state index in [-0.39, 0.29) is 30.6 Å². The van der Waals surface area contributed by atoms with Crippen LogP contribution in [-0.2, 0) is 19.1 Å². The van der Waals surface area contributed by atoms with Gasteiger partial charge in [-0.3, -0.25) is 0 Å². The zero-order chi connectivity index (χ0) is 22.1. The number of carbonyl (C=O) groups is 2. The standard InChI is InChI=1S/C23H28N2O5/c1-16(2)11-12-25-19-7-5-6-8-20(19)30-21(25)10-9-18(15-24)23(27)29-14-13-28-22(26)17(3)4/h5-9,16,21H,3,10-14H2,1-2,4H3/b18-9+. The molecule has 30 heavy (non-hydrogen) atoms. The Morgan fingerprint density at radius 2 is 1.93 bits per heavy atom. The van der Waals surface area contributed by atoms with Crippen molar-refractivity contribution in [2.45, 2.75) is 39.8 Å². The fourth-order valence-electron chi connectivity index (χ4n) is 2.86. The van der Waals surface area contributed by atoms with Crippen molar-refractivity contribution in [3.8, 4) is 11.8 Å². The lowest BCUT2D eigenvalue weighted by atomic mass is 10.1. The predicted octanol–water partition coefficient (Wildman–Crippen LogP) is 3.76. The summed E-state index contributed by atoms with van der Waals surface area (Å²) in [5.74, 6) is 0.0206. The molecule has 1 aliphatic heterocycles. The number of carbonyl (C=O) groups excluding carboxylic acids is 2. The average Bonchev–Trinajstić information content (AvgIpc) is 3.07. The Kier molecular flexibility index (Phi) is 8.48. The van der Waals surface area contributed by atoms with E-state index in [2.05, 4.69) is 25.3 Å². The van der Waals surface area contributed by atoms with E-state index in [4.69, 9.17) is 14.2 Å². The van der Waals surface area contributed by atoms with Crippen LogP contribution in [0, 0.1) is 17.2 Å². The van der Waals surface area contributed by atoms with Crippen molar-refractivity contribution in [1.82, 2.24) is 0 Å². The smallest absolute Gasteiger partial charge is 0.348 e. The fraction of sp³-hybridized carbons (Fsp3) is 0.435. The van der Waals surface area contributed by atoms with Crippen LogP contribution in [0.2, 0.25) is 0 Å². The molecule has 2 rings (SSSR count). The molecule has 0 aliphatic carbocycles. The summed E-state index contributed by atoms with van der Waals surface area (Å²) in [5, 5.41) is 9.33. The Morgan fingerprint density at radius 1 is 1.27 bits per heavy atom. The molecule has 0 N–H and O–H groups in total. The minimum absolute atomic E-state index is 0.0971. The van der Waals surface area contributed by atoms with E-state index in [0.29, 0.717) is 12.3 Å². The third-order valence-corrected chi connectivity index (χ3v) is 4.49. The van der Waals surface area contributed by atoms with Gasteiger partial charge in [0.15, 0.2) is 6.23 Å². The van der Waals surface area contributed by atoms with Gasteiger partial charge in [-0.25, -0.2) is 9.59 Å². The van der Waals surface area contributed by atoms with Crippen LogP contribution in [-0.4, -0.2) is 37.9 Å². The van der Waals surface area contributed by atoms with Gasteiger partial charge in [-0.1, -0.05) is 38.6 Å². The highest BCUT2D eigenvalue weighted by molar-refractivity contribution is 5.92. The van der Waals surface area contributed by atoms with Crippen LogP contribution in [0.3, 0.4) is 0 Å². The number of fused-ring (bicyclic) bond motifs is 1. The summed E-state index contributed by atoms with van der Waals surface area (Å²) in [7, 11) is 0. The number of para-hydroxylation sites is 2. The molecule has 1 heterocycles. The first-order chi connectivity index (χ1) is 14.3. The number of benzene rings is 1. The van der Waals surface area contributed by atoms with E-state index in [1.165, 1.54) is 13.0 Å². The number of anilines is 1. The minimum atomic E-state index is -0.756. The van der Waals surface area contributed by atoms with Gasteiger partial charge >= 0.3 is 11.9 Å². The summed E-state index contributed by atoms with van der Waals surface area (Å²) in [6.45, 7) is 9.90. The van der Waals surface area contributed by atoms with Crippen LogP contribution in [0.5, 0.6) is 5.75 Å². The number of ether oxygens (including phenoxy) is 3. The van der Waals surface area contributed by atoms with Gasteiger partial charge in [0, 0.05) is 18.5 Å². The molecule has 1 aliphatic rings. The molecule has 0 amide bonds. The van der Waals surface area contributed by atoms with E-state index in [9.17, 15) is 14.9 Å². The number of nitrogens with zero attached hydrogens (tertiary/aromatic N) is 2. The normalized spacial score (nSPS) is 15.2. The Hall–Kier alpha value is -3.27. The average molecular weight is 412 g/mol. The van der Waals surface area contributed by atoms with Crippen molar-refractivity contribution in [3.05, 3.63) is 48.1 Å². The van der Waals surface area contributed by atoms with Gasteiger partial charge in [-0.2, -0.15) is 5.26 Å². The topological polar surface area (TPSA) is 88.9 Å². The van der Waals surface area contributed by atoms with Gasteiger partial charge in [0.2, 0.25) is 0 Å². The van der Waals surface area contributed by atoms with Gasteiger partial charge in [-0.15, -0.1) is 0 Å². The number of hydrogen-bond donors (Lipinski definition) is 0. The van der Waals surface area contributed by atoms with Crippen molar-refractivity contribution in [1.29, 1.82) is 5.26 Å². The first-order valence-electron chi connectivity index (χ1n) is 9.95. The molecule has 0 aromatic heterocycles. The van der Waals surface area contributed by atoms with Crippen molar-refractivity contribution in [3.63, 3.8) is 0 Å². The molecule has 0 radical (unpaired) electrons. The summed E-state index contributed by atoms with van der Waals surface area (Å²) in [6, 6.07) is 9.66. The number of nitriles is 1. The van der Waals surface area contributed by atoms with E-state index >= 15 is 0 Å². The van der Waals surface area contributed by atoms with Crippen LogP contribution in [0.4, 0.5) is 5.69 Å². The molecule has 0 spiro atoms. The lowest BCUT2D eigenvalue weighted by molar-refractivity contribution is -0.147. The van der Waals surface area contributed by atoms with E-state index in [1.807, 2.05) is 30.3 Å². The quantitative estimate of drug-likeness (QED) is 0.250. The van der Waals surface area contributed by atoms with Crippen molar-refractivity contribution >= 4 is 17.6 Å². The molecule has 0 bridgehead atoms. The molecule has 1 atom stereocenters. The second kappa shape index (κ2) is 11.1. The summed E-state index contributed by atoms with van der Waals surface area (Å²) >= 11 is 0. The van der Waals surface area contributed by atoms with Crippen LogP contribution < -0.4 is 9.64 Å². The second-order valence-corrected chi connectivity index (χ2v) is 7.43. The monoisotopic (exact) mass is 412 g/mol. The predicted molar refractivity (Wildman–Crippen MR) is 113 cm³/mol. The highest BCUT2D eigenvalue weighted by Gasteiger charge is 2.30. The molecular formula is C23H28N2O5. The number of hydrogen-bond acceptors (Lipinski definition) is 7. The zero-order valence-corrected chi connectivity index (χ0v) is 17.7. The largest absolute Gasteiger partial charge is 0.468 e. The molecule has 7 heteroatoms. The Morgan fingerprint density at radius 3 is 2.57 bits per heavy atom. The molecule has 1 unspecified atom stereocenters. The van der Waals surface area contributed by atoms with Crippen molar-refractivity contribution in [2.24, 2.45) is 5.92 Å². The van der Waals surface area contributed by atoms with Gasteiger partial charge < -0.3 is 19.1 Å². The molecule has 0 fully saturated rings. The lowest BCUT2D eigenvalue weighted by Crippen LogP contribution is -2.35. The second-order valence-electron chi connectivity index (χ2n) is 7.43. The number of rotatable bonds is 10. The van der Waals surface area contributed by atoms with Crippen molar-refractivity contribution in [2.75, 3.05) is 24.7 Å². The van der Waals surface area contributed by atoms with E-state index in [0.717, 1.165) is 24.4 Å². The highest BCUT2D eigenvalue weighted by atomic mass is 16.6. The van der Waals surface area contributed by atoms with E-state index in [1.54, 1.807) is 0 Å². The Labute approximate surface area is 177 Å².